The maximum absolute atomic E-state index is 13.9. The number of amides is 1. The average Bonchev–Trinajstić information content (AvgIpc) is 3.52. The Kier molecular flexibility index (Phi) is 7.19. The molecule has 0 atom stereocenters. The largest absolute Gasteiger partial charge is 0.343 e. The zero-order chi connectivity index (χ0) is 27.0. The number of carbonyl (C=O) groups is 1. The molecule has 1 amide bonds. The Hall–Kier alpha value is -3.38. The van der Waals surface area contributed by atoms with E-state index in [0.29, 0.717) is 24.1 Å². The van der Waals surface area contributed by atoms with Crippen molar-refractivity contribution in [2.45, 2.75) is 57.7 Å². The van der Waals surface area contributed by atoms with E-state index in [2.05, 4.69) is 25.4 Å². The highest BCUT2D eigenvalue weighted by Gasteiger charge is 2.36. The first-order chi connectivity index (χ1) is 18.1. The summed E-state index contributed by atoms with van der Waals surface area (Å²) in [5.41, 5.74) is 6.97. The number of hydrogen-bond donors (Lipinski definition) is 2. The minimum Gasteiger partial charge on any atom is -0.343 e. The van der Waals surface area contributed by atoms with Gasteiger partial charge in [-0.15, -0.1) is 0 Å². The van der Waals surface area contributed by atoms with Crippen molar-refractivity contribution in [1.29, 1.82) is 0 Å². The summed E-state index contributed by atoms with van der Waals surface area (Å²) in [6.07, 6.45) is 4.41. The molecule has 2 aliphatic heterocycles. The summed E-state index contributed by atoms with van der Waals surface area (Å²) in [5.74, 6) is 0.564. The summed E-state index contributed by atoms with van der Waals surface area (Å²) in [4.78, 5) is 20.4. The number of pyridine rings is 1. The van der Waals surface area contributed by atoms with Crippen LogP contribution in [-0.4, -0.2) is 79.0 Å². The molecule has 5 rings (SSSR count). The number of nitrogens with one attached hydrogen (secondary N) is 1. The van der Waals surface area contributed by atoms with Gasteiger partial charge in [0.25, 0.3) is 6.43 Å². The molecule has 12 heteroatoms. The molecule has 0 bridgehead atoms. The fourth-order valence-corrected chi connectivity index (χ4v) is 5.03. The van der Waals surface area contributed by atoms with Gasteiger partial charge >= 0.3 is 0 Å². The lowest BCUT2D eigenvalue weighted by Gasteiger charge is -2.47. The molecule has 3 aromatic heterocycles. The lowest BCUT2D eigenvalue weighted by atomic mass is 9.97. The number of nitrogens with zero attached hydrogens (tertiary/aromatic N) is 7. The van der Waals surface area contributed by atoms with Crippen molar-refractivity contribution >= 4 is 17.4 Å². The third kappa shape index (κ3) is 5.28. The third-order valence-corrected chi connectivity index (χ3v) is 7.67. The Bertz CT molecular complexity index is 1270. The van der Waals surface area contributed by atoms with Gasteiger partial charge in [0, 0.05) is 63.6 Å². The van der Waals surface area contributed by atoms with Gasteiger partial charge in [0.2, 0.25) is 5.91 Å². The van der Waals surface area contributed by atoms with E-state index in [-0.39, 0.29) is 28.9 Å². The minimum atomic E-state index is -2.72. The predicted octanol–water partition coefficient (Wildman–Crippen LogP) is 3.38. The lowest BCUT2D eigenvalue weighted by molar-refractivity contribution is -0.130. The van der Waals surface area contributed by atoms with Crippen LogP contribution in [0.4, 0.5) is 20.3 Å². The molecule has 3 aromatic rings. The van der Waals surface area contributed by atoms with Crippen LogP contribution < -0.4 is 11.1 Å². The van der Waals surface area contributed by atoms with Crippen LogP contribution in [0.25, 0.3) is 11.3 Å². The highest BCUT2D eigenvalue weighted by atomic mass is 19.3. The molecular weight excluding hydrogens is 492 g/mol. The number of nitrogens with two attached hydrogens (primary N) is 1. The van der Waals surface area contributed by atoms with E-state index in [4.69, 9.17) is 5.73 Å². The van der Waals surface area contributed by atoms with Crippen molar-refractivity contribution in [2.24, 2.45) is 5.73 Å². The standard InChI is InChI=1S/C26H35F2N9O/c1-17(38)34-9-7-19(8-10-34)35-13-20(14-35)36-15-22(24(33-36)25(27)28)32-23-6-4-5-21(31-23)18-11-30-37(12-18)26(2,3)16-29/h4-6,11-12,15,19-20,25H,7-10,13-14,16,29H2,1-3H3,(H,31,32). The number of aromatic nitrogens is 5. The van der Waals surface area contributed by atoms with Gasteiger partial charge in [-0.1, -0.05) is 6.07 Å². The second-order valence-electron chi connectivity index (χ2n) is 10.8. The van der Waals surface area contributed by atoms with Crippen molar-refractivity contribution < 1.29 is 13.6 Å². The molecule has 5 heterocycles. The van der Waals surface area contributed by atoms with Crippen molar-refractivity contribution in [3.8, 4) is 11.3 Å². The Labute approximate surface area is 220 Å². The molecule has 204 valence electrons. The summed E-state index contributed by atoms with van der Waals surface area (Å²) >= 11 is 0. The second-order valence-corrected chi connectivity index (χ2v) is 10.8. The maximum atomic E-state index is 13.9. The molecule has 2 fully saturated rings. The van der Waals surface area contributed by atoms with Crippen molar-refractivity contribution in [1.82, 2.24) is 34.3 Å². The normalized spacial score (nSPS) is 17.7. The first-order valence-electron chi connectivity index (χ1n) is 13.0. The molecule has 0 aromatic carbocycles. The number of anilines is 2. The van der Waals surface area contributed by atoms with Gasteiger partial charge in [0.15, 0.2) is 5.69 Å². The van der Waals surface area contributed by atoms with Crippen molar-refractivity contribution in [3.05, 3.63) is 42.5 Å². The SMILES string of the molecule is CC(=O)N1CCC(N2CC(n3cc(Nc4cccc(-c5cnn(C(C)(C)CN)c5)n4)c(C(F)F)n3)C2)CC1. The first kappa shape index (κ1) is 26.2. The molecule has 3 N–H and O–H groups in total. The number of alkyl halides is 2. The molecule has 10 nitrogen and oxygen atoms in total. The van der Waals surface area contributed by atoms with Crippen LogP contribution in [0.5, 0.6) is 0 Å². The smallest absolute Gasteiger partial charge is 0.284 e. The van der Waals surface area contributed by atoms with E-state index in [0.717, 1.165) is 44.6 Å². The van der Waals surface area contributed by atoms with Crippen LogP contribution in [0, 0.1) is 0 Å². The minimum absolute atomic E-state index is 0.0323. The molecule has 0 saturated carbocycles. The Morgan fingerprint density at radius 2 is 1.92 bits per heavy atom. The Balaban J connectivity index is 1.26. The van der Waals surface area contributed by atoms with Crippen LogP contribution in [-0.2, 0) is 10.3 Å². The second kappa shape index (κ2) is 10.4. The summed E-state index contributed by atoms with van der Waals surface area (Å²) in [6.45, 7) is 9.08. The Morgan fingerprint density at radius 1 is 1.18 bits per heavy atom. The van der Waals surface area contributed by atoms with Gasteiger partial charge in [-0.3, -0.25) is 19.1 Å². The monoisotopic (exact) mass is 527 g/mol. The van der Waals surface area contributed by atoms with Crippen LogP contribution in [0.3, 0.4) is 0 Å². The maximum Gasteiger partial charge on any atom is 0.284 e. The fraction of sp³-hybridized carbons (Fsp3) is 0.538. The zero-order valence-corrected chi connectivity index (χ0v) is 22.0. The number of carbonyl (C=O) groups excluding carboxylic acids is 1. The van der Waals surface area contributed by atoms with Crippen LogP contribution >= 0.6 is 0 Å². The molecular formula is C26H35F2N9O. The van der Waals surface area contributed by atoms with Gasteiger partial charge in [-0.2, -0.15) is 10.2 Å². The van der Waals surface area contributed by atoms with E-state index >= 15 is 0 Å². The summed E-state index contributed by atoms with van der Waals surface area (Å²) in [6, 6.07) is 5.86. The Morgan fingerprint density at radius 3 is 2.58 bits per heavy atom. The van der Waals surface area contributed by atoms with Gasteiger partial charge in [-0.05, 0) is 38.8 Å². The van der Waals surface area contributed by atoms with E-state index in [1.54, 1.807) is 34.7 Å². The zero-order valence-electron chi connectivity index (χ0n) is 22.0. The molecule has 2 saturated heterocycles. The van der Waals surface area contributed by atoms with Crippen molar-refractivity contribution in [2.75, 3.05) is 38.0 Å². The molecule has 38 heavy (non-hydrogen) atoms. The number of likely N-dealkylation sites (tertiary alicyclic amines) is 2. The van der Waals surface area contributed by atoms with E-state index in [1.165, 1.54) is 0 Å². The van der Waals surface area contributed by atoms with E-state index in [1.807, 2.05) is 37.1 Å². The lowest BCUT2D eigenvalue weighted by Crippen LogP contribution is -2.56. The van der Waals surface area contributed by atoms with Gasteiger partial charge in [-0.25, -0.2) is 13.8 Å². The topological polar surface area (TPSA) is 110 Å². The average molecular weight is 528 g/mol. The molecule has 0 unspecified atom stereocenters. The summed E-state index contributed by atoms with van der Waals surface area (Å²) < 4.78 is 31.2. The highest BCUT2D eigenvalue weighted by molar-refractivity contribution is 5.73. The first-order valence-corrected chi connectivity index (χ1v) is 13.0. The number of rotatable bonds is 8. The number of piperidine rings is 1. The van der Waals surface area contributed by atoms with Gasteiger partial charge < -0.3 is 16.0 Å². The van der Waals surface area contributed by atoms with E-state index in [9.17, 15) is 13.6 Å². The highest BCUT2D eigenvalue weighted by Crippen LogP contribution is 2.33. The summed E-state index contributed by atoms with van der Waals surface area (Å²) in [7, 11) is 0. The molecule has 0 spiro atoms. The fourth-order valence-electron chi connectivity index (χ4n) is 5.03. The molecule has 0 radical (unpaired) electrons. The van der Waals surface area contributed by atoms with Crippen LogP contribution in [0.1, 0.15) is 51.8 Å². The number of hydrogen-bond acceptors (Lipinski definition) is 7. The summed E-state index contributed by atoms with van der Waals surface area (Å²) in [5, 5.41) is 11.7. The van der Waals surface area contributed by atoms with Gasteiger partial charge in [0.05, 0.1) is 29.2 Å². The van der Waals surface area contributed by atoms with Gasteiger partial charge in [0.1, 0.15) is 5.82 Å². The molecule has 2 aliphatic rings. The third-order valence-electron chi connectivity index (χ3n) is 7.67. The van der Waals surface area contributed by atoms with Crippen molar-refractivity contribution in [3.63, 3.8) is 0 Å². The van der Waals surface area contributed by atoms with Crippen LogP contribution in [0.15, 0.2) is 36.8 Å². The van der Waals surface area contributed by atoms with Crippen LogP contribution in [0.2, 0.25) is 0 Å². The van der Waals surface area contributed by atoms with E-state index < -0.39 is 6.43 Å². The number of halogens is 2. The quantitative estimate of drug-likeness (QED) is 0.462. The molecule has 0 aliphatic carbocycles. The predicted molar refractivity (Wildman–Crippen MR) is 140 cm³/mol.